The normalized spacial score (nSPS) is 27.2. The van der Waals surface area contributed by atoms with Crippen LogP contribution in [0.15, 0.2) is 42.5 Å². The summed E-state index contributed by atoms with van der Waals surface area (Å²) in [4.78, 5) is 0. The zero-order chi connectivity index (χ0) is 32.0. The predicted molar refractivity (Wildman–Crippen MR) is 159 cm³/mol. The average Bonchev–Trinajstić information content (AvgIpc) is 3.77. The van der Waals surface area contributed by atoms with Crippen LogP contribution in [0, 0.1) is 5.92 Å². The van der Waals surface area contributed by atoms with Crippen molar-refractivity contribution < 1.29 is 61.9 Å². The van der Waals surface area contributed by atoms with E-state index in [1.807, 2.05) is 30.3 Å². The van der Waals surface area contributed by atoms with Gasteiger partial charge >= 0.3 is 0 Å². The number of aliphatic hydroxyl groups is 1. The smallest absolute Gasteiger partial charge is 0.232 e. The van der Waals surface area contributed by atoms with E-state index in [-0.39, 0.29) is 31.5 Å². The summed E-state index contributed by atoms with van der Waals surface area (Å²) in [5.41, 5.74) is 0.0610. The molecule has 13 nitrogen and oxygen atoms in total. The maximum absolute atomic E-state index is 12.0. The van der Waals surface area contributed by atoms with E-state index < -0.39 is 36.1 Å². The van der Waals surface area contributed by atoms with Gasteiger partial charge in [0, 0.05) is 24.8 Å². The minimum absolute atomic E-state index is 0.0332. The standard InChI is InChI=1S/C33H36O13/c1-35-14-26-27(17-6-8-18(36-2)9-7-17)45-23-11-21(37-3)19(10-22(23)44-26)28-20-13-40-32(33(20,34)15-41-28)46-30-24(38-4)12-25-29(31(30)39-5)43-16-42-25/h6-12,20,26-28,32,34H,13-16H2,1-5H3/t20-,26+,27+,28-,32-,33-/m0/s1. The molecule has 0 amide bonds. The molecule has 0 saturated carbocycles. The molecule has 2 fully saturated rings. The number of fused-ring (bicyclic) bond motifs is 3. The van der Waals surface area contributed by atoms with E-state index in [1.165, 1.54) is 14.2 Å². The van der Waals surface area contributed by atoms with E-state index in [4.69, 9.17) is 56.8 Å². The predicted octanol–water partition coefficient (Wildman–Crippen LogP) is 3.83. The summed E-state index contributed by atoms with van der Waals surface area (Å²) < 4.78 is 70.3. The van der Waals surface area contributed by atoms with Gasteiger partial charge < -0.3 is 61.9 Å². The van der Waals surface area contributed by atoms with Crippen LogP contribution in [-0.4, -0.2) is 85.3 Å². The van der Waals surface area contributed by atoms with Crippen molar-refractivity contribution in [3.8, 4) is 51.7 Å². The van der Waals surface area contributed by atoms with Crippen LogP contribution >= 0.6 is 0 Å². The Balaban J connectivity index is 1.16. The monoisotopic (exact) mass is 640 g/mol. The molecule has 1 N–H and O–H groups in total. The molecule has 3 aromatic carbocycles. The fourth-order valence-electron chi connectivity index (χ4n) is 6.43. The van der Waals surface area contributed by atoms with Gasteiger partial charge in [0.15, 0.2) is 40.8 Å². The highest BCUT2D eigenvalue weighted by Gasteiger charge is 2.61. The Morgan fingerprint density at radius 3 is 2.26 bits per heavy atom. The Bertz CT molecular complexity index is 1580. The SMILES string of the molecule is COC[C@H]1Oc2cc([C@@H]3OC[C@@]4(O)[C@H](Oc5c(OC)cc6c(c5OC)OCO6)OC[C@@H]34)c(OC)cc2O[C@@H]1c1ccc(OC)cc1. The van der Waals surface area contributed by atoms with Gasteiger partial charge in [-0.05, 0) is 23.8 Å². The van der Waals surface area contributed by atoms with Gasteiger partial charge in [0.2, 0.25) is 30.3 Å². The second-order valence-corrected chi connectivity index (χ2v) is 11.3. The van der Waals surface area contributed by atoms with Gasteiger partial charge in [-0.3, -0.25) is 0 Å². The van der Waals surface area contributed by atoms with Gasteiger partial charge in [-0.15, -0.1) is 0 Å². The third-order valence-electron chi connectivity index (χ3n) is 8.77. The third-order valence-corrected chi connectivity index (χ3v) is 8.77. The highest BCUT2D eigenvalue weighted by atomic mass is 16.7. The molecule has 7 rings (SSSR count). The van der Waals surface area contributed by atoms with Crippen molar-refractivity contribution in [2.45, 2.75) is 30.2 Å². The van der Waals surface area contributed by atoms with Gasteiger partial charge in [0.25, 0.3) is 0 Å². The number of rotatable bonds is 10. The summed E-state index contributed by atoms with van der Waals surface area (Å²) in [5, 5.41) is 12.0. The molecule has 4 heterocycles. The summed E-state index contributed by atoms with van der Waals surface area (Å²) in [6, 6.07) is 12.9. The molecule has 4 aliphatic heterocycles. The van der Waals surface area contributed by atoms with Crippen LogP contribution in [0.4, 0.5) is 0 Å². The fourth-order valence-corrected chi connectivity index (χ4v) is 6.43. The van der Waals surface area contributed by atoms with Crippen LogP contribution in [-0.2, 0) is 14.2 Å². The number of ether oxygens (including phenoxy) is 12. The summed E-state index contributed by atoms with van der Waals surface area (Å²) >= 11 is 0. The van der Waals surface area contributed by atoms with Crippen molar-refractivity contribution in [1.82, 2.24) is 0 Å². The number of hydrogen-bond donors (Lipinski definition) is 1. The lowest BCUT2D eigenvalue weighted by molar-refractivity contribution is -0.153. The van der Waals surface area contributed by atoms with Gasteiger partial charge in [0.05, 0.1) is 60.3 Å². The summed E-state index contributed by atoms with van der Waals surface area (Å²) in [6.45, 7) is 0.404. The topological polar surface area (TPSA) is 131 Å². The van der Waals surface area contributed by atoms with E-state index >= 15 is 0 Å². The summed E-state index contributed by atoms with van der Waals surface area (Å²) in [5.74, 6) is 3.40. The molecule has 13 heteroatoms. The molecule has 0 aromatic heterocycles. The minimum Gasteiger partial charge on any atom is -0.497 e. The summed E-state index contributed by atoms with van der Waals surface area (Å²) in [7, 11) is 7.78. The second kappa shape index (κ2) is 12.1. The van der Waals surface area contributed by atoms with E-state index in [2.05, 4.69) is 0 Å². The molecule has 246 valence electrons. The van der Waals surface area contributed by atoms with Gasteiger partial charge in [0.1, 0.15) is 11.5 Å². The van der Waals surface area contributed by atoms with E-state index in [0.29, 0.717) is 46.7 Å². The van der Waals surface area contributed by atoms with Crippen LogP contribution in [0.25, 0.3) is 0 Å². The Morgan fingerprint density at radius 1 is 0.783 bits per heavy atom. The first kappa shape index (κ1) is 30.4. The Hall–Kier alpha value is -4.30. The number of hydrogen-bond acceptors (Lipinski definition) is 13. The highest BCUT2D eigenvalue weighted by Crippen LogP contribution is 2.56. The van der Waals surface area contributed by atoms with Crippen LogP contribution in [0.2, 0.25) is 0 Å². The van der Waals surface area contributed by atoms with Gasteiger partial charge in [-0.25, -0.2) is 0 Å². The number of methoxy groups -OCH3 is 5. The van der Waals surface area contributed by atoms with Gasteiger partial charge in [-0.1, -0.05) is 12.1 Å². The van der Waals surface area contributed by atoms with Gasteiger partial charge in [-0.2, -0.15) is 0 Å². The Kier molecular flexibility index (Phi) is 8.01. The average molecular weight is 641 g/mol. The second-order valence-electron chi connectivity index (χ2n) is 11.3. The molecule has 0 radical (unpaired) electrons. The van der Waals surface area contributed by atoms with Crippen molar-refractivity contribution in [2.75, 3.05) is 62.2 Å². The quantitative estimate of drug-likeness (QED) is 0.345. The molecular weight excluding hydrogens is 604 g/mol. The molecule has 0 aliphatic carbocycles. The van der Waals surface area contributed by atoms with E-state index in [0.717, 1.165) is 11.3 Å². The van der Waals surface area contributed by atoms with Crippen LogP contribution in [0.5, 0.6) is 51.7 Å². The Morgan fingerprint density at radius 2 is 1.54 bits per heavy atom. The van der Waals surface area contributed by atoms with E-state index in [1.54, 1.807) is 33.5 Å². The maximum Gasteiger partial charge on any atom is 0.232 e. The molecule has 2 saturated heterocycles. The molecule has 46 heavy (non-hydrogen) atoms. The third kappa shape index (κ3) is 4.94. The summed E-state index contributed by atoms with van der Waals surface area (Å²) in [6.07, 6.45) is -2.59. The molecule has 4 aliphatic rings. The molecule has 0 unspecified atom stereocenters. The van der Waals surface area contributed by atoms with Crippen molar-refractivity contribution in [2.24, 2.45) is 5.92 Å². The Labute approximate surface area is 265 Å². The molecular formula is C33H36O13. The van der Waals surface area contributed by atoms with Crippen molar-refractivity contribution in [3.63, 3.8) is 0 Å². The minimum atomic E-state index is -1.52. The van der Waals surface area contributed by atoms with Crippen molar-refractivity contribution in [1.29, 1.82) is 0 Å². The van der Waals surface area contributed by atoms with E-state index in [9.17, 15) is 5.11 Å². The highest BCUT2D eigenvalue weighted by molar-refractivity contribution is 5.66. The first-order chi connectivity index (χ1) is 22.4. The maximum atomic E-state index is 12.0. The molecule has 0 spiro atoms. The molecule has 3 aromatic rings. The zero-order valence-corrected chi connectivity index (χ0v) is 26.1. The largest absolute Gasteiger partial charge is 0.497 e. The lowest BCUT2D eigenvalue weighted by atomic mass is 9.85. The molecule has 0 bridgehead atoms. The lowest BCUT2D eigenvalue weighted by Gasteiger charge is -2.35. The zero-order valence-electron chi connectivity index (χ0n) is 26.1. The van der Waals surface area contributed by atoms with Crippen LogP contribution < -0.4 is 42.6 Å². The van der Waals surface area contributed by atoms with Crippen molar-refractivity contribution >= 4 is 0 Å². The molecule has 6 atom stereocenters. The van der Waals surface area contributed by atoms with Crippen LogP contribution in [0.3, 0.4) is 0 Å². The fraction of sp³-hybridized carbons (Fsp3) is 0.455. The first-order valence-corrected chi connectivity index (χ1v) is 14.8. The lowest BCUT2D eigenvalue weighted by Crippen LogP contribution is -2.47. The van der Waals surface area contributed by atoms with Crippen molar-refractivity contribution in [3.05, 3.63) is 53.6 Å². The number of benzene rings is 3. The van der Waals surface area contributed by atoms with Crippen LogP contribution in [0.1, 0.15) is 23.3 Å². The first-order valence-electron chi connectivity index (χ1n) is 14.8.